The van der Waals surface area contributed by atoms with Gasteiger partial charge < -0.3 is 14.4 Å². The molecule has 124 valence electrons. The van der Waals surface area contributed by atoms with Gasteiger partial charge in [-0.3, -0.25) is 4.79 Å². The lowest BCUT2D eigenvalue weighted by atomic mass is 9.91. The molecule has 0 N–H and O–H groups in total. The van der Waals surface area contributed by atoms with Gasteiger partial charge in [-0.2, -0.15) is 0 Å². The molecule has 0 aromatic heterocycles. The number of ether oxygens (including phenoxy) is 2. The normalized spacial score (nSPS) is 19.1. The minimum Gasteiger partial charge on any atom is -0.454 e. The van der Waals surface area contributed by atoms with E-state index in [4.69, 9.17) is 9.47 Å². The SMILES string of the molecule is CCN1Cc2cc3c(cc2CC(Cc2ccccc2)C1=O)OCO3. The fourth-order valence-corrected chi connectivity index (χ4v) is 3.58. The summed E-state index contributed by atoms with van der Waals surface area (Å²) in [6, 6.07) is 14.3. The summed E-state index contributed by atoms with van der Waals surface area (Å²) in [5.74, 6) is 1.79. The molecule has 24 heavy (non-hydrogen) atoms. The molecule has 0 radical (unpaired) electrons. The number of rotatable bonds is 3. The monoisotopic (exact) mass is 323 g/mol. The van der Waals surface area contributed by atoms with Crippen LogP contribution in [0.1, 0.15) is 23.6 Å². The summed E-state index contributed by atoms with van der Waals surface area (Å²) < 4.78 is 11.0. The average molecular weight is 323 g/mol. The van der Waals surface area contributed by atoms with Crippen molar-refractivity contribution in [3.8, 4) is 11.5 Å². The molecule has 0 saturated carbocycles. The Kier molecular flexibility index (Phi) is 3.89. The Morgan fingerprint density at radius 3 is 2.50 bits per heavy atom. The molecular formula is C20H21NO3. The molecule has 1 unspecified atom stereocenters. The Morgan fingerprint density at radius 1 is 1.08 bits per heavy atom. The zero-order valence-corrected chi connectivity index (χ0v) is 13.8. The van der Waals surface area contributed by atoms with E-state index in [1.807, 2.05) is 36.1 Å². The molecule has 4 rings (SSSR count). The van der Waals surface area contributed by atoms with E-state index in [1.54, 1.807) is 0 Å². The third kappa shape index (κ3) is 2.73. The van der Waals surface area contributed by atoms with E-state index in [-0.39, 0.29) is 18.6 Å². The lowest BCUT2D eigenvalue weighted by molar-refractivity contribution is -0.135. The van der Waals surface area contributed by atoms with E-state index in [9.17, 15) is 4.79 Å². The number of nitrogens with zero attached hydrogens (tertiary/aromatic N) is 1. The van der Waals surface area contributed by atoms with Gasteiger partial charge in [0.1, 0.15) is 0 Å². The van der Waals surface area contributed by atoms with Crippen LogP contribution in [0.15, 0.2) is 42.5 Å². The maximum atomic E-state index is 13.0. The molecule has 2 aliphatic heterocycles. The van der Waals surface area contributed by atoms with Crippen molar-refractivity contribution in [3.63, 3.8) is 0 Å². The number of carbonyl (C=O) groups is 1. The van der Waals surface area contributed by atoms with Crippen molar-refractivity contribution >= 4 is 5.91 Å². The van der Waals surface area contributed by atoms with E-state index in [2.05, 4.69) is 18.2 Å². The highest BCUT2D eigenvalue weighted by Gasteiger charge is 2.30. The van der Waals surface area contributed by atoms with Crippen LogP contribution < -0.4 is 9.47 Å². The standard InChI is InChI=1S/C20H21NO3/c1-2-21-12-17-11-19-18(23-13-24-19)10-15(17)9-16(20(21)22)8-14-6-4-3-5-7-14/h3-7,10-11,16H,2,8-9,12-13H2,1H3. The van der Waals surface area contributed by atoms with E-state index in [1.165, 1.54) is 16.7 Å². The lowest BCUT2D eigenvalue weighted by Gasteiger charge is -2.23. The van der Waals surface area contributed by atoms with E-state index >= 15 is 0 Å². The van der Waals surface area contributed by atoms with Crippen molar-refractivity contribution < 1.29 is 14.3 Å². The van der Waals surface area contributed by atoms with Gasteiger partial charge in [-0.15, -0.1) is 0 Å². The largest absolute Gasteiger partial charge is 0.454 e. The smallest absolute Gasteiger partial charge is 0.231 e. The first-order valence-corrected chi connectivity index (χ1v) is 8.48. The highest BCUT2D eigenvalue weighted by molar-refractivity contribution is 5.80. The van der Waals surface area contributed by atoms with Gasteiger partial charge in [-0.05, 0) is 48.6 Å². The molecule has 2 aromatic carbocycles. The summed E-state index contributed by atoms with van der Waals surface area (Å²) in [6.07, 6.45) is 1.51. The van der Waals surface area contributed by atoms with Crippen LogP contribution in [0.3, 0.4) is 0 Å². The predicted molar refractivity (Wildman–Crippen MR) is 91.0 cm³/mol. The Labute approximate surface area is 142 Å². The van der Waals surface area contributed by atoms with Crippen LogP contribution in [0.2, 0.25) is 0 Å². The van der Waals surface area contributed by atoms with Crippen LogP contribution >= 0.6 is 0 Å². The van der Waals surface area contributed by atoms with Crippen molar-refractivity contribution in [2.75, 3.05) is 13.3 Å². The number of hydrogen-bond donors (Lipinski definition) is 0. The maximum Gasteiger partial charge on any atom is 0.231 e. The highest BCUT2D eigenvalue weighted by atomic mass is 16.7. The van der Waals surface area contributed by atoms with Gasteiger partial charge in [0.2, 0.25) is 12.7 Å². The zero-order valence-electron chi connectivity index (χ0n) is 13.8. The first kappa shape index (κ1) is 15.1. The van der Waals surface area contributed by atoms with Gasteiger partial charge in [0.15, 0.2) is 11.5 Å². The highest BCUT2D eigenvalue weighted by Crippen LogP contribution is 2.37. The Hall–Kier alpha value is -2.49. The molecule has 2 heterocycles. The molecule has 0 bridgehead atoms. The summed E-state index contributed by atoms with van der Waals surface area (Å²) in [7, 11) is 0. The fourth-order valence-electron chi connectivity index (χ4n) is 3.58. The molecule has 0 spiro atoms. The minimum absolute atomic E-state index is 0.0334. The van der Waals surface area contributed by atoms with Crippen molar-refractivity contribution in [1.82, 2.24) is 4.90 Å². The van der Waals surface area contributed by atoms with Crippen LogP contribution in [-0.2, 0) is 24.2 Å². The summed E-state index contributed by atoms with van der Waals surface area (Å²) in [4.78, 5) is 14.9. The molecule has 0 saturated heterocycles. The van der Waals surface area contributed by atoms with Crippen molar-refractivity contribution in [1.29, 1.82) is 0 Å². The fraction of sp³-hybridized carbons (Fsp3) is 0.350. The van der Waals surface area contributed by atoms with E-state index in [0.717, 1.165) is 30.9 Å². The van der Waals surface area contributed by atoms with E-state index < -0.39 is 0 Å². The average Bonchev–Trinajstić information content (AvgIpc) is 3.01. The maximum absolute atomic E-state index is 13.0. The first-order valence-electron chi connectivity index (χ1n) is 8.48. The zero-order chi connectivity index (χ0) is 16.5. The minimum atomic E-state index is -0.0334. The van der Waals surface area contributed by atoms with Crippen molar-refractivity contribution in [3.05, 3.63) is 59.2 Å². The third-order valence-corrected chi connectivity index (χ3v) is 4.89. The summed E-state index contributed by atoms with van der Waals surface area (Å²) in [5, 5.41) is 0. The second kappa shape index (κ2) is 6.19. The van der Waals surface area contributed by atoms with Gasteiger partial charge in [0, 0.05) is 19.0 Å². The summed E-state index contributed by atoms with van der Waals surface area (Å²) in [6.45, 7) is 3.68. The van der Waals surface area contributed by atoms with Crippen LogP contribution in [0, 0.1) is 5.92 Å². The predicted octanol–water partition coefficient (Wildman–Crippen LogP) is 3.18. The molecule has 0 aliphatic carbocycles. The van der Waals surface area contributed by atoms with Gasteiger partial charge in [-0.25, -0.2) is 0 Å². The third-order valence-electron chi connectivity index (χ3n) is 4.89. The second-order valence-electron chi connectivity index (χ2n) is 6.42. The Balaban J connectivity index is 1.68. The number of hydrogen-bond acceptors (Lipinski definition) is 3. The van der Waals surface area contributed by atoms with Crippen molar-refractivity contribution in [2.24, 2.45) is 5.92 Å². The molecule has 2 aromatic rings. The van der Waals surface area contributed by atoms with E-state index in [0.29, 0.717) is 6.54 Å². The van der Waals surface area contributed by atoms with Gasteiger partial charge >= 0.3 is 0 Å². The quantitative estimate of drug-likeness (QED) is 0.871. The van der Waals surface area contributed by atoms with Gasteiger partial charge in [-0.1, -0.05) is 30.3 Å². The van der Waals surface area contributed by atoms with Crippen LogP contribution in [0.25, 0.3) is 0 Å². The lowest BCUT2D eigenvalue weighted by Crippen LogP contribution is -2.35. The Morgan fingerprint density at radius 2 is 1.79 bits per heavy atom. The molecule has 4 nitrogen and oxygen atoms in total. The molecule has 2 aliphatic rings. The summed E-state index contributed by atoms with van der Waals surface area (Å²) in [5.41, 5.74) is 3.57. The van der Waals surface area contributed by atoms with Gasteiger partial charge in [0.25, 0.3) is 0 Å². The Bertz CT molecular complexity index is 757. The number of carbonyl (C=O) groups excluding carboxylic acids is 1. The molecule has 0 fully saturated rings. The van der Waals surface area contributed by atoms with Gasteiger partial charge in [0.05, 0.1) is 0 Å². The number of benzene rings is 2. The second-order valence-corrected chi connectivity index (χ2v) is 6.42. The number of amides is 1. The summed E-state index contributed by atoms with van der Waals surface area (Å²) >= 11 is 0. The molecular weight excluding hydrogens is 302 g/mol. The first-order chi connectivity index (χ1) is 11.7. The number of fused-ring (bicyclic) bond motifs is 2. The van der Waals surface area contributed by atoms with Crippen molar-refractivity contribution in [2.45, 2.75) is 26.3 Å². The van der Waals surface area contributed by atoms with Crippen LogP contribution in [-0.4, -0.2) is 24.1 Å². The van der Waals surface area contributed by atoms with Crippen LogP contribution in [0.5, 0.6) is 11.5 Å². The molecule has 1 amide bonds. The molecule has 4 heteroatoms. The van der Waals surface area contributed by atoms with Crippen LogP contribution in [0.4, 0.5) is 0 Å². The molecule has 1 atom stereocenters. The topological polar surface area (TPSA) is 38.8 Å².